The maximum absolute atomic E-state index is 6.02. The molecule has 0 aromatic heterocycles. The van der Waals surface area contributed by atoms with Crippen LogP contribution < -0.4 is 4.74 Å². The third-order valence-corrected chi connectivity index (χ3v) is 6.69. The Morgan fingerprint density at radius 2 is 1.38 bits per heavy atom. The molecule has 0 bridgehead atoms. The summed E-state index contributed by atoms with van der Waals surface area (Å²) in [5.41, 5.74) is 0. The van der Waals surface area contributed by atoms with Gasteiger partial charge >= 0.3 is 0 Å². The molecule has 0 amide bonds. The van der Waals surface area contributed by atoms with Crippen LogP contribution in [-0.2, 0) is 0 Å². The summed E-state index contributed by atoms with van der Waals surface area (Å²) in [6.45, 7) is 0. The fourth-order valence-electron chi connectivity index (χ4n) is 0.764. The molecule has 72 valence electrons. The molecule has 1 aromatic carbocycles. The van der Waals surface area contributed by atoms with E-state index < -0.39 is 0 Å². The third-order valence-electron chi connectivity index (χ3n) is 1.37. The highest BCUT2D eigenvalue weighted by molar-refractivity contribution is 9.15. The predicted molar refractivity (Wildman–Crippen MR) is 68.8 cm³/mol. The van der Waals surface area contributed by atoms with E-state index in [2.05, 4.69) is 63.7 Å². The second kappa shape index (κ2) is 4.84. The molecule has 1 rings (SSSR count). The highest BCUT2D eigenvalue weighted by Gasteiger charge is 2.17. The van der Waals surface area contributed by atoms with Crippen LogP contribution in [0.25, 0.3) is 0 Å². The zero-order valence-corrected chi connectivity index (χ0v) is 13.4. The van der Waals surface area contributed by atoms with Gasteiger partial charge in [-0.3, -0.25) is 0 Å². The lowest BCUT2D eigenvalue weighted by Crippen LogP contribution is -1.89. The van der Waals surface area contributed by atoms with Crippen LogP contribution >= 0.6 is 75.3 Å². The van der Waals surface area contributed by atoms with Crippen molar-refractivity contribution in [2.24, 2.45) is 0 Å². The zero-order chi connectivity index (χ0) is 10.2. The molecule has 0 radical (unpaired) electrons. The van der Waals surface area contributed by atoms with Gasteiger partial charge in [0, 0.05) is 4.47 Å². The van der Waals surface area contributed by atoms with Crippen LogP contribution in [0.15, 0.2) is 17.9 Å². The van der Waals surface area contributed by atoms with Gasteiger partial charge in [0.2, 0.25) is 0 Å². The Kier molecular flexibility index (Phi) is 4.58. The first-order chi connectivity index (χ1) is 6.00. The molecule has 0 aliphatic carbocycles. The van der Waals surface area contributed by atoms with E-state index in [4.69, 9.17) is 16.3 Å². The predicted octanol–water partition coefficient (Wildman–Crippen LogP) is 5.40. The summed E-state index contributed by atoms with van der Waals surface area (Å²) < 4.78 is 8.40. The van der Waals surface area contributed by atoms with E-state index in [0.29, 0.717) is 10.8 Å². The number of halogens is 5. The molecule has 13 heavy (non-hydrogen) atoms. The quantitative estimate of drug-likeness (QED) is 0.405. The lowest BCUT2D eigenvalue weighted by Gasteiger charge is -2.11. The Bertz CT molecular complexity index is 324. The minimum Gasteiger partial charge on any atom is -0.494 e. The fourth-order valence-corrected chi connectivity index (χ4v) is 3.50. The molecular weight excluding hydrogens is 455 g/mol. The van der Waals surface area contributed by atoms with E-state index in [9.17, 15) is 0 Å². The molecule has 6 heteroatoms. The Balaban J connectivity index is 3.56. The van der Waals surface area contributed by atoms with Gasteiger partial charge in [-0.25, -0.2) is 0 Å². The number of hydrogen-bond donors (Lipinski definition) is 0. The van der Waals surface area contributed by atoms with Crippen molar-refractivity contribution >= 4 is 75.3 Å². The summed E-state index contributed by atoms with van der Waals surface area (Å²) in [4.78, 5) is 0. The third kappa shape index (κ3) is 2.25. The monoisotopic (exact) mass is 454 g/mol. The molecule has 0 heterocycles. The fraction of sp³-hybridized carbons (Fsp3) is 0.143. The first-order valence-electron chi connectivity index (χ1n) is 3.06. The van der Waals surface area contributed by atoms with Crippen molar-refractivity contribution in [3.05, 3.63) is 22.9 Å². The van der Waals surface area contributed by atoms with Crippen LogP contribution in [0.3, 0.4) is 0 Å². The van der Waals surface area contributed by atoms with E-state index >= 15 is 0 Å². The van der Waals surface area contributed by atoms with Crippen molar-refractivity contribution < 1.29 is 4.74 Å². The summed E-state index contributed by atoms with van der Waals surface area (Å²) in [5, 5.41) is 0.532. The van der Waals surface area contributed by atoms with E-state index in [1.165, 1.54) is 0 Å². The lowest BCUT2D eigenvalue weighted by molar-refractivity contribution is 0.411. The summed E-state index contributed by atoms with van der Waals surface area (Å²) in [7, 11) is 1.57. The topological polar surface area (TPSA) is 9.23 Å². The number of benzene rings is 1. The molecule has 0 atom stereocenters. The molecule has 0 spiro atoms. The molecule has 0 saturated carbocycles. The summed E-state index contributed by atoms with van der Waals surface area (Å²) in [6.07, 6.45) is 0. The molecule has 0 N–H and O–H groups in total. The molecule has 0 aliphatic heterocycles. The second-order valence-corrected chi connectivity index (χ2v) is 5.65. The largest absolute Gasteiger partial charge is 0.494 e. The maximum atomic E-state index is 6.02. The van der Waals surface area contributed by atoms with Gasteiger partial charge in [0.05, 0.1) is 25.6 Å². The first-order valence-corrected chi connectivity index (χ1v) is 6.61. The normalized spacial score (nSPS) is 10.3. The van der Waals surface area contributed by atoms with Gasteiger partial charge in [0.15, 0.2) is 5.75 Å². The Morgan fingerprint density at radius 3 is 1.85 bits per heavy atom. The van der Waals surface area contributed by atoms with Crippen LogP contribution in [0.4, 0.5) is 0 Å². The summed E-state index contributed by atoms with van der Waals surface area (Å²) in [5.74, 6) is 0.601. The minimum atomic E-state index is 0.532. The molecule has 0 unspecified atom stereocenters. The standard InChI is InChI=1S/C7H3Br4ClO/c1-13-7-5(11)3(9)2(8)4(10)6(7)12/h1H3. The van der Waals surface area contributed by atoms with Crippen molar-refractivity contribution in [3.63, 3.8) is 0 Å². The number of hydrogen-bond acceptors (Lipinski definition) is 1. The van der Waals surface area contributed by atoms with Crippen LogP contribution in [0, 0.1) is 0 Å². The minimum absolute atomic E-state index is 0.532. The van der Waals surface area contributed by atoms with Gasteiger partial charge in [-0.2, -0.15) is 0 Å². The Hall–Kier alpha value is 1.23. The molecule has 0 aliphatic rings. The average Bonchev–Trinajstić information content (AvgIpc) is 2.13. The zero-order valence-electron chi connectivity index (χ0n) is 6.30. The van der Waals surface area contributed by atoms with E-state index in [0.717, 1.165) is 17.9 Å². The molecule has 1 nitrogen and oxygen atoms in total. The molecule has 0 fully saturated rings. The van der Waals surface area contributed by atoms with Gasteiger partial charge in [-0.15, -0.1) is 0 Å². The van der Waals surface area contributed by atoms with Crippen LogP contribution in [0.1, 0.15) is 0 Å². The van der Waals surface area contributed by atoms with E-state index in [1.807, 2.05) is 0 Å². The highest BCUT2D eigenvalue weighted by atomic mass is 79.9. The Labute approximate surface area is 115 Å². The van der Waals surface area contributed by atoms with Crippen molar-refractivity contribution in [2.45, 2.75) is 0 Å². The van der Waals surface area contributed by atoms with Crippen molar-refractivity contribution in [1.29, 1.82) is 0 Å². The lowest BCUT2D eigenvalue weighted by atomic mass is 10.3. The smallest absolute Gasteiger partial charge is 0.154 e. The number of rotatable bonds is 1. The molecule has 0 saturated heterocycles. The van der Waals surface area contributed by atoms with Crippen molar-refractivity contribution in [3.8, 4) is 5.75 Å². The average molecular weight is 458 g/mol. The van der Waals surface area contributed by atoms with Gasteiger partial charge in [0.1, 0.15) is 0 Å². The van der Waals surface area contributed by atoms with E-state index in [-0.39, 0.29) is 0 Å². The van der Waals surface area contributed by atoms with Gasteiger partial charge in [0.25, 0.3) is 0 Å². The van der Waals surface area contributed by atoms with Gasteiger partial charge < -0.3 is 4.74 Å². The van der Waals surface area contributed by atoms with Gasteiger partial charge in [-0.1, -0.05) is 11.6 Å². The van der Waals surface area contributed by atoms with Crippen LogP contribution in [0.2, 0.25) is 5.02 Å². The van der Waals surface area contributed by atoms with Crippen molar-refractivity contribution in [2.75, 3.05) is 7.11 Å². The molecular formula is C7H3Br4ClO. The summed E-state index contributed by atoms with van der Waals surface area (Å²) in [6, 6.07) is 0. The number of methoxy groups -OCH3 is 1. The van der Waals surface area contributed by atoms with Gasteiger partial charge in [-0.05, 0) is 63.7 Å². The number of ether oxygens (including phenoxy) is 1. The van der Waals surface area contributed by atoms with Crippen LogP contribution in [-0.4, -0.2) is 7.11 Å². The SMILES string of the molecule is COc1c(Cl)c(Br)c(Br)c(Br)c1Br. The second-order valence-electron chi connectivity index (χ2n) is 2.10. The summed E-state index contributed by atoms with van der Waals surface area (Å²) >= 11 is 19.5. The maximum Gasteiger partial charge on any atom is 0.154 e. The molecule has 1 aromatic rings. The first kappa shape index (κ1) is 12.3. The van der Waals surface area contributed by atoms with Crippen LogP contribution in [0.5, 0.6) is 5.75 Å². The Morgan fingerprint density at radius 1 is 0.923 bits per heavy atom. The van der Waals surface area contributed by atoms with Crippen molar-refractivity contribution in [1.82, 2.24) is 0 Å². The highest BCUT2D eigenvalue weighted by Crippen LogP contribution is 2.48. The van der Waals surface area contributed by atoms with E-state index in [1.54, 1.807) is 7.11 Å².